The second kappa shape index (κ2) is 6.82. The smallest absolute Gasteiger partial charge is 0.303 e. The van der Waals surface area contributed by atoms with E-state index in [1.807, 2.05) is 0 Å². The summed E-state index contributed by atoms with van der Waals surface area (Å²) in [6, 6.07) is -0.373. The summed E-state index contributed by atoms with van der Waals surface area (Å²) in [7, 11) is -3.48. The molecule has 1 atom stereocenters. The molecule has 6 nitrogen and oxygen atoms in total. The Balaban J connectivity index is 4.30. The number of carboxylic acid groups (broad SMARTS) is 1. The van der Waals surface area contributed by atoms with E-state index in [1.165, 1.54) is 4.31 Å². The first-order valence-corrected chi connectivity index (χ1v) is 6.76. The Morgan fingerprint density at radius 2 is 1.88 bits per heavy atom. The van der Waals surface area contributed by atoms with Gasteiger partial charge in [-0.05, 0) is 13.3 Å². The predicted molar refractivity (Wildman–Crippen MR) is 61.3 cm³/mol. The average Bonchev–Trinajstić information content (AvgIpc) is 2.15. The van der Waals surface area contributed by atoms with Crippen molar-refractivity contribution < 1.29 is 18.3 Å². The Bertz CT molecular complexity index is 311. The van der Waals surface area contributed by atoms with Crippen molar-refractivity contribution in [3.8, 4) is 0 Å². The summed E-state index contributed by atoms with van der Waals surface area (Å²) < 4.78 is 27.2. The molecule has 0 aliphatic carbocycles. The zero-order valence-corrected chi connectivity index (χ0v) is 10.7. The number of hydrogen-bond acceptors (Lipinski definition) is 3. The van der Waals surface area contributed by atoms with E-state index < -0.39 is 16.2 Å². The van der Waals surface area contributed by atoms with E-state index in [-0.39, 0.29) is 18.9 Å². The molecule has 0 radical (unpaired) electrons. The van der Waals surface area contributed by atoms with Crippen molar-refractivity contribution in [2.75, 3.05) is 13.1 Å². The highest BCUT2D eigenvalue weighted by atomic mass is 32.2. The van der Waals surface area contributed by atoms with Gasteiger partial charge in [0.25, 0.3) is 10.2 Å². The zero-order valence-electron chi connectivity index (χ0n) is 9.93. The van der Waals surface area contributed by atoms with Crippen molar-refractivity contribution in [2.45, 2.75) is 39.7 Å². The maximum atomic E-state index is 11.7. The van der Waals surface area contributed by atoms with Gasteiger partial charge in [-0.15, -0.1) is 0 Å². The lowest BCUT2D eigenvalue weighted by atomic mass is 10.2. The van der Waals surface area contributed by atoms with Gasteiger partial charge in [0.1, 0.15) is 0 Å². The lowest BCUT2D eigenvalue weighted by Gasteiger charge is -2.21. The monoisotopic (exact) mass is 252 g/mol. The molecule has 0 aromatic carbocycles. The van der Waals surface area contributed by atoms with Gasteiger partial charge in [-0.2, -0.15) is 17.4 Å². The number of carbonyl (C=O) groups is 1. The summed E-state index contributed by atoms with van der Waals surface area (Å²) in [5, 5.41) is 8.47. The molecule has 0 rings (SSSR count). The van der Waals surface area contributed by atoms with Crippen LogP contribution in [0, 0.1) is 0 Å². The minimum Gasteiger partial charge on any atom is -0.481 e. The van der Waals surface area contributed by atoms with Crippen LogP contribution in [0.3, 0.4) is 0 Å². The molecule has 96 valence electrons. The average molecular weight is 252 g/mol. The fourth-order valence-electron chi connectivity index (χ4n) is 1.29. The molecular formula is C9H20N2O4S. The van der Waals surface area contributed by atoms with Gasteiger partial charge in [-0.3, -0.25) is 4.79 Å². The molecule has 0 aromatic rings. The molecule has 0 aliphatic rings. The van der Waals surface area contributed by atoms with Crippen molar-refractivity contribution >= 4 is 16.2 Å². The lowest BCUT2D eigenvalue weighted by Crippen LogP contribution is -2.44. The minimum absolute atomic E-state index is 0.0397. The highest BCUT2D eigenvalue weighted by Gasteiger charge is 2.20. The van der Waals surface area contributed by atoms with Gasteiger partial charge in [0.05, 0.1) is 0 Å². The zero-order chi connectivity index (χ0) is 12.8. The van der Waals surface area contributed by atoms with Crippen LogP contribution in [0.25, 0.3) is 0 Å². The molecule has 0 spiro atoms. The standard InChI is InChI=1S/C9H20N2O4S/c1-4-11(5-2)16(14,15)10-8(3)6-7-9(12)13/h8,10H,4-7H2,1-3H3,(H,12,13). The van der Waals surface area contributed by atoms with E-state index in [4.69, 9.17) is 5.11 Å². The topological polar surface area (TPSA) is 86.7 Å². The number of carboxylic acids is 1. The van der Waals surface area contributed by atoms with Gasteiger partial charge in [-0.1, -0.05) is 13.8 Å². The molecule has 0 bridgehead atoms. The Kier molecular flexibility index (Phi) is 6.54. The summed E-state index contributed by atoms with van der Waals surface area (Å²) in [5.74, 6) is -0.922. The fourth-order valence-corrected chi connectivity index (χ4v) is 2.75. The second-order valence-electron chi connectivity index (χ2n) is 3.54. The van der Waals surface area contributed by atoms with Crippen molar-refractivity contribution in [3.05, 3.63) is 0 Å². The number of nitrogens with one attached hydrogen (secondary N) is 1. The molecule has 0 saturated heterocycles. The Hall–Kier alpha value is -0.660. The number of hydrogen-bond donors (Lipinski definition) is 2. The Labute approximate surface area is 96.8 Å². The van der Waals surface area contributed by atoms with Crippen LogP contribution in [0.2, 0.25) is 0 Å². The molecule has 0 amide bonds. The summed E-state index contributed by atoms with van der Waals surface area (Å²) in [5.41, 5.74) is 0. The summed E-state index contributed by atoms with van der Waals surface area (Å²) in [4.78, 5) is 10.3. The Morgan fingerprint density at radius 1 is 1.38 bits per heavy atom. The van der Waals surface area contributed by atoms with E-state index in [2.05, 4.69) is 4.72 Å². The first-order chi connectivity index (χ1) is 7.33. The highest BCUT2D eigenvalue weighted by Crippen LogP contribution is 2.02. The van der Waals surface area contributed by atoms with E-state index >= 15 is 0 Å². The molecule has 0 saturated carbocycles. The molecule has 0 heterocycles. The van der Waals surface area contributed by atoms with Gasteiger partial charge < -0.3 is 5.11 Å². The first-order valence-electron chi connectivity index (χ1n) is 5.32. The van der Waals surface area contributed by atoms with Crippen LogP contribution in [0.15, 0.2) is 0 Å². The molecule has 16 heavy (non-hydrogen) atoms. The number of nitrogens with zero attached hydrogens (tertiary/aromatic N) is 1. The van der Waals surface area contributed by atoms with Crippen molar-refractivity contribution in [2.24, 2.45) is 0 Å². The molecule has 1 unspecified atom stereocenters. The van der Waals surface area contributed by atoms with E-state index in [9.17, 15) is 13.2 Å². The maximum absolute atomic E-state index is 11.7. The van der Waals surface area contributed by atoms with Crippen molar-refractivity contribution in [3.63, 3.8) is 0 Å². The Morgan fingerprint density at radius 3 is 2.25 bits per heavy atom. The number of aliphatic carboxylic acids is 1. The van der Waals surface area contributed by atoms with Crippen LogP contribution < -0.4 is 4.72 Å². The molecule has 0 aliphatic heterocycles. The molecule has 0 aromatic heterocycles. The van der Waals surface area contributed by atoms with Gasteiger partial charge in [0.15, 0.2) is 0 Å². The fraction of sp³-hybridized carbons (Fsp3) is 0.889. The van der Waals surface area contributed by atoms with E-state index in [0.717, 1.165) is 0 Å². The van der Waals surface area contributed by atoms with Crippen LogP contribution >= 0.6 is 0 Å². The summed E-state index contributed by atoms with van der Waals surface area (Å²) in [6.07, 6.45) is 0.248. The van der Waals surface area contributed by atoms with E-state index in [1.54, 1.807) is 20.8 Å². The summed E-state index contributed by atoms with van der Waals surface area (Å²) in [6.45, 7) is 5.97. The SMILES string of the molecule is CCN(CC)S(=O)(=O)NC(C)CCC(=O)O. The van der Waals surface area contributed by atoms with Gasteiger partial charge in [0.2, 0.25) is 0 Å². The molecule has 0 fully saturated rings. The van der Waals surface area contributed by atoms with Gasteiger partial charge in [-0.25, -0.2) is 0 Å². The van der Waals surface area contributed by atoms with Crippen LogP contribution in [0.1, 0.15) is 33.6 Å². The summed E-state index contributed by atoms with van der Waals surface area (Å²) >= 11 is 0. The maximum Gasteiger partial charge on any atom is 0.303 e. The minimum atomic E-state index is -3.48. The van der Waals surface area contributed by atoms with Gasteiger partial charge >= 0.3 is 5.97 Å². The van der Waals surface area contributed by atoms with Crippen molar-refractivity contribution in [1.29, 1.82) is 0 Å². The van der Waals surface area contributed by atoms with Crippen LogP contribution in [-0.4, -0.2) is 42.9 Å². The largest absolute Gasteiger partial charge is 0.481 e. The molecule has 7 heteroatoms. The van der Waals surface area contributed by atoms with Gasteiger partial charge in [0, 0.05) is 25.6 Å². The number of rotatable bonds is 8. The van der Waals surface area contributed by atoms with Crippen LogP contribution in [-0.2, 0) is 15.0 Å². The first kappa shape index (κ1) is 15.3. The van der Waals surface area contributed by atoms with Crippen molar-refractivity contribution in [1.82, 2.24) is 9.03 Å². The molecule has 2 N–H and O–H groups in total. The predicted octanol–water partition coefficient (Wildman–Crippen LogP) is 0.416. The highest BCUT2D eigenvalue weighted by molar-refractivity contribution is 7.87. The van der Waals surface area contributed by atoms with Crippen LogP contribution in [0.5, 0.6) is 0 Å². The normalized spacial score (nSPS) is 14.0. The van der Waals surface area contributed by atoms with E-state index in [0.29, 0.717) is 13.1 Å². The third-order valence-corrected chi connectivity index (χ3v) is 4.08. The third-order valence-electron chi connectivity index (χ3n) is 2.19. The third kappa shape index (κ3) is 5.43. The quantitative estimate of drug-likeness (QED) is 0.655. The second-order valence-corrected chi connectivity index (χ2v) is 5.24. The van der Waals surface area contributed by atoms with Crippen LogP contribution in [0.4, 0.5) is 0 Å². The lowest BCUT2D eigenvalue weighted by molar-refractivity contribution is -0.137. The molecular weight excluding hydrogens is 232 g/mol.